The predicted molar refractivity (Wildman–Crippen MR) is 56.7 cm³/mol. The van der Waals surface area contributed by atoms with Gasteiger partial charge in [0.05, 0.1) is 24.9 Å². The molecule has 0 N–H and O–H groups in total. The van der Waals surface area contributed by atoms with E-state index in [0.717, 1.165) is 19.7 Å². The van der Waals surface area contributed by atoms with Gasteiger partial charge in [0, 0.05) is 24.8 Å². The lowest BCUT2D eigenvalue weighted by Gasteiger charge is -2.29. The fourth-order valence-electron chi connectivity index (χ4n) is 2.04. The third-order valence-electron chi connectivity index (χ3n) is 3.18. The maximum absolute atomic E-state index is 5.75. The molecule has 1 aromatic heterocycles. The number of rotatable bonds is 2. The molecule has 15 heavy (non-hydrogen) atoms. The molecular formula is C11H17N3O. The van der Waals surface area contributed by atoms with E-state index in [9.17, 15) is 0 Å². The number of nitrogens with zero attached hydrogens (tertiary/aromatic N) is 3. The molecule has 0 radical (unpaired) electrons. The van der Waals surface area contributed by atoms with Gasteiger partial charge in [-0.3, -0.25) is 4.68 Å². The fraction of sp³-hybridized carbons (Fsp3) is 0.727. The summed E-state index contributed by atoms with van der Waals surface area (Å²) in [5.74, 6) is 0. The second-order valence-corrected chi connectivity index (χ2v) is 4.61. The van der Waals surface area contributed by atoms with Crippen LogP contribution >= 0.6 is 0 Å². The van der Waals surface area contributed by atoms with Gasteiger partial charge in [-0.15, -0.1) is 0 Å². The maximum atomic E-state index is 5.75. The quantitative estimate of drug-likeness (QED) is 0.730. The predicted octanol–water partition coefficient (Wildman–Crippen LogP) is 1.22. The third kappa shape index (κ3) is 1.92. The van der Waals surface area contributed by atoms with Crippen LogP contribution in [0.2, 0.25) is 0 Å². The highest BCUT2D eigenvalue weighted by molar-refractivity contribution is 5.11. The Balaban J connectivity index is 1.73. The average molecular weight is 207 g/mol. The average Bonchev–Trinajstić information content (AvgIpc) is 2.97. The first-order valence-electron chi connectivity index (χ1n) is 5.67. The Hall–Kier alpha value is -0.870. The van der Waals surface area contributed by atoms with Crippen LogP contribution in [0.3, 0.4) is 0 Å². The molecule has 0 spiro atoms. The van der Waals surface area contributed by atoms with Gasteiger partial charge in [-0.2, -0.15) is 5.10 Å². The Kier molecular flexibility index (Phi) is 2.25. The highest BCUT2D eigenvalue weighted by atomic mass is 16.5. The summed E-state index contributed by atoms with van der Waals surface area (Å²) in [6, 6.07) is 0.667. The van der Waals surface area contributed by atoms with Crippen molar-refractivity contribution in [2.45, 2.75) is 25.0 Å². The van der Waals surface area contributed by atoms with Crippen molar-refractivity contribution in [2.24, 2.45) is 0 Å². The highest BCUT2D eigenvalue weighted by Crippen LogP contribution is 2.35. The van der Waals surface area contributed by atoms with E-state index in [2.05, 4.69) is 27.9 Å². The van der Waals surface area contributed by atoms with Crippen LogP contribution in [-0.2, 0) is 4.74 Å². The van der Waals surface area contributed by atoms with Crippen LogP contribution in [0, 0.1) is 0 Å². The van der Waals surface area contributed by atoms with Crippen LogP contribution in [0.15, 0.2) is 12.4 Å². The van der Waals surface area contributed by atoms with E-state index in [1.165, 1.54) is 18.4 Å². The van der Waals surface area contributed by atoms with Crippen LogP contribution in [-0.4, -0.2) is 41.4 Å². The topological polar surface area (TPSA) is 30.3 Å². The number of aromatic nitrogens is 2. The van der Waals surface area contributed by atoms with Gasteiger partial charge in [-0.05, 0) is 19.9 Å². The second-order valence-electron chi connectivity index (χ2n) is 4.61. The molecule has 0 aromatic carbocycles. The molecule has 0 bridgehead atoms. The van der Waals surface area contributed by atoms with E-state index < -0.39 is 0 Å². The van der Waals surface area contributed by atoms with Gasteiger partial charge in [-0.1, -0.05) is 0 Å². The van der Waals surface area contributed by atoms with Crippen molar-refractivity contribution >= 4 is 0 Å². The number of hydrogen-bond acceptors (Lipinski definition) is 3. The normalized spacial score (nSPS) is 28.2. The lowest BCUT2D eigenvalue weighted by Crippen LogP contribution is -2.35. The molecule has 4 heteroatoms. The zero-order valence-corrected chi connectivity index (χ0v) is 9.09. The van der Waals surface area contributed by atoms with Crippen molar-refractivity contribution in [3.8, 4) is 0 Å². The van der Waals surface area contributed by atoms with Crippen LogP contribution in [0.25, 0.3) is 0 Å². The minimum atomic E-state index is 0.219. The summed E-state index contributed by atoms with van der Waals surface area (Å²) in [4.78, 5) is 2.31. The van der Waals surface area contributed by atoms with E-state index >= 15 is 0 Å². The summed E-state index contributed by atoms with van der Waals surface area (Å²) in [6.45, 7) is 2.85. The first-order chi connectivity index (χ1) is 7.33. The fourth-order valence-corrected chi connectivity index (χ4v) is 2.04. The summed E-state index contributed by atoms with van der Waals surface area (Å²) in [5, 5.41) is 4.40. The molecule has 0 unspecified atom stereocenters. The van der Waals surface area contributed by atoms with Gasteiger partial charge in [0.2, 0.25) is 0 Å². The van der Waals surface area contributed by atoms with Gasteiger partial charge in [0.25, 0.3) is 0 Å². The van der Waals surface area contributed by atoms with Crippen molar-refractivity contribution in [1.29, 1.82) is 0 Å². The molecule has 3 rings (SSSR count). The van der Waals surface area contributed by atoms with Gasteiger partial charge < -0.3 is 9.64 Å². The summed E-state index contributed by atoms with van der Waals surface area (Å²) in [6.07, 6.45) is 6.90. The molecule has 4 nitrogen and oxygen atoms in total. The minimum Gasteiger partial charge on any atom is -0.371 e. The molecular weight excluding hydrogens is 190 g/mol. The van der Waals surface area contributed by atoms with Gasteiger partial charge in [0.15, 0.2) is 0 Å². The Labute approximate surface area is 89.8 Å². The third-order valence-corrected chi connectivity index (χ3v) is 3.18. The first kappa shape index (κ1) is 9.36. The monoisotopic (exact) mass is 207 g/mol. The zero-order chi connectivity index (χ0) is 10.3. The molecule has 1 saturated carbocycles. The van der Waals surface area contributed by atoms with Crippen molar-refractivity contribution in [3.05, 3.63) is 18.0 Å². The Morgan fingerprint density at radius 1 is 1.47 bits per heavy atom. The van der Waals surface area contributed by atoms with Crippen molar-refractivity contribution in [2.75, 3.05) is 26.7 Å². The van der Waals surface area contributed by atoms with E-state index in [0.29, 0.717) is 6.04 Å². The standard InChI is InChI=1S/C11H17N3O/c1-13-4-5-15-11(8-13)9-6-12-14(7-9)10-2-3-10/h6-7,10-11H,2-5,8H2,1H3/t11-/m0/s1. The van der Waals surface area contributed by atoms with E-state index in [1.54, 1.807) is 0 Å². The second kappa shape index (κ2) is 3.61. The lowest BCUT2D eigenvalue weighted by atomic mass is 10.2. The van der Waals surface area contributed by atoms with Crippen LogP contribution in [0.5, 0.6) is 0 Å². The SMILES string of the molecule is CN1CCO[C@H](c2cnn(C3CC3)c2)C1. The molecule has 1 saturated heterocycles. The molecule has 2 heterocycles. The lowest BCUT2D eigenvalue weighted by molar-refractivity contribution is -0.0209. The Bertz CT molecular complexity index is 345. The number of morpholine rings is 1. The maximum Gasteiger partial charge on any atom is 0.0982 e. The molecule has 2 aliphatic rings. The number of ether oxygens (including phenoxy) is 1. The number of hydrogen-bond donors (Lipinski definition) is 0. The van der Waals surface area contributed by atoms with Gasteiger partial charge in [0.1, 0.15) is 0 Å². The summed E-state index contributed by atoms with van der Waals surface area (Å²) < 4.78 is 7.84. The zero-order valence-electron chi connectivity index (χ0n) is 9.09. The molecule has 0 amide bonds. The van der Waals surface area contributed by atoms with Crippen LogP contribution < -0.4 is 0 Å². The minimum absolute atomic E-state index is 0.219. The van der Waals surface area contributed by atoms with E-state index in [4.69, 9.17) is 4.74 Å². The highest BCUT2D eigenvalue weighted by Gasteiger charge is 2.26. The van der Waals surface area contributed by atoms with E-state index in [-0.39, 0.29) is 6.10 Å². The van der Waals surface area contributed by atoms with Gasteiger partial charge >= 0.3 is 0 Å². The van der Waals surface area contributed by atoms with Crippen molar-refractivity contribution in [3.63, 3.8) is 0 Å². The molecule has 82 valence electrons. The first-order valence-corrected chi connectivity index (χ1v) is 5.67. The summed E-state index contributed by atoms with van der Waals surface area (Å²) >= 11 is 0. The van der Waals surface area contributed by atoms with E-state index in [1.807, 2.05) is 6.20 Å². The van der Waals surface area contributed by atoms with Crippen LogP contribution in [0.4, 0.5) is 0 Å². The summed E-state index contributed by atoms with van der Waals surface area (Å²) in [7, 11) is 2.14. The molecule has 1 aliphatic heterocycles. The van der Waals surface area contributed by atoms with Crippen molar-refractivity contribution in [1.82, 2.24) is 14.7 Å². The molecule has 1 atom stereocenters. The Morgan fingerprint density at radius 2 is 2.33 bits per heavy atom. The molecule has 2 fully saturated rings. The van der Waals surface area contributed by atoms with Gasteiger partial charge in [-0.25, -0.2) is 0 Å². The van der Waals surface area contributed by atoms with Crippen LogP contribution in [0.1, 0.15) is 30.6 Å². The number of likely N-dealkylation sites (N-methyl/N-ethyl adjacent to an activating group) is 1. The molecule has 1 aliphatic carbocycles. The Morgan fingerprint density at radius 3 is 3.07 bits per heavy atom. The largest absolute Gasteiger partial charge is 0.371 e. The molecule has 1 aromatic rings. The summed E-state index contributed by atoms with van der Waals surface area (Å²) in [5.41, 5.74) is 1.23. The van der Waals surface area contributed by atoms with Crippen molar-refractivity contribution < 1.29 is 4.74 Å². The smallest absolute Gasteiger partial charge is 0.0982 e.